The van der Waals surface area contributed by atoms with Gasteiger partial charge in [0.25, 0.3) is 0 Å². The average molecular weight is 321 g/mol. The first-order chi connectivity index (χ1) is 11.0. The maximum atomic E-state index is 12.5. The molecule has 2 aliphatic carbocycles. The van der Waals surface area contributed by atoms with Crippen molar-refractivity contribution >= 4 is 11.8 Å². The quantitative estimate of drug-likeness (QED) is 0.834. The van der Waals surface area contributed by atoms with E-state index in [0.29, 0.717) is 18.4 Å². The van der Waals surface area contributed by atoms with Gasteiger partial charge < -0.3 is 10.2 Å². The van der Waals surface area contributed by atoms with Gasteiger partial charge in [0, 0.05) is 38.6 Å². The highest BCUT2D eigenvalue weighted by molar-refractivity contribution is 5.78. The summed E-state index contributed by atoms with van der Waals surface area (Å²) in [6, 6.07) is 0.187. The van der Waals surface area contributed by atoms with Gasteiger partial charge in [-0.2, -0.15) is 0 Å². The Morgan fingerprint density at radius 3 is 2.39 bits per heavy atom. The van der Waals surface area contributed by atoms with Crippen molar-refractivity contribution in [2.75, 3.05) is 32.7 Å². The highest BCUT2D eigenvalue weighted by Gasteiger charge is 2.40. The zero-order valence-electron chi connectivity index (χ0n) is 14.6. The van der Waals surface area contributed by atoms with Gasteiger partial charge in [-0.3, -0.25) is 14.5 Å². The molecule has 5 heteroatoms. The molecule has 2 saturated carbocycles. The molecule has 1 heterocycles. The van der Waals surface area contributed by atoms with Gasteiger partial charge in [0.05, 0.1) is 6.54 Å². The fourth-order valence-electron chi connectivity index (χ4n) is 4.71. The van der Waals surface area contributed by atoms with Crippen molar-refractivity contribution in [2.24, 2.45) is 17.8 Å². The zero-order valence-corrected chi connectivity index (χ0v) is 14.6. The molecule has 130 valence electrons. The lowest BCUT2D eigenvalue weighted by Crippen LogP contribution is -2.51. The predicted octanol–water partition coefficient (Wildman–Crippen LogP) is 1.48. The second-order valence-electron chi connectivity index (χ2n) is 8.02. The van der Waals surface area contributed by atoms with E-state index < -0.39 is 0 Å². The van der Waals surface area contributed by atoms with Gasteiger partial charge in [0.15, 0.2) is 0 Å². The number of nitrogens with zero attached hydrogens (tertiary/aromatic N) is 2. The van der Waals surface area contributed by atoms with E-state index in [9.17, 15) is 9.59 Å². The predicted molar refractivity (Wildman–Crippen MR) is 89.9 cm³/mol. The minimum absolute atomic E-state index is 0.0850. The Morgan fingerprint density at radius 1 is 1.09 bits per heavy atom. The second-order valence-corrected chi connectivity index (χ2v) is 8.02. The molecule has 0 aromatic carbocycles. The third-order valence-corrected chi connectivity index (χ3v) is 5.86. The fraction of sp³-hybridized carbons (Fsp3) is 0.889. The van der Waals surface area contributed by atoms with Gasteiger partial charge in [-0.1, -0.05) is 6.42 Å². The Morgan fingerprint density at radius 2 is 1.83 bits per heavy atom. The summed E-state index contributed by atoms with van der Waals surface area (Å²) in [6.45, 7) is 7.58. The molecule has 1 N–H and O–H groups in total. The molecule has 3 fully saturated rings. The summed E-state index contributed by atoms with van der Waals surface area (Å²) >= 11 is 0. The molecule has 0 aromatic heterocycles. The summed E-state index contributed by atoms with van der Waals surface area (Å²) in [4.78, 5) is 28.5. The number of nitrogens with one attached hydrogen (secondary N) is 1. The van der Waals surface area contributed by atoms with Crippen molar-refractivity contribution in [1.82, 2.24) is 15.1 Å². The molecule has 3 unspecified atom stereocenters. The summed E-state index contributed by atoms with van der Waals surface area (Å²) in [5.74, 6) is 2.81. The number of rotatable bonds is 5. The normalized spacial score (nSPS) is 30.9. The van der Waals surface area contributed by atoms with Crippen molar-refractivity contribution in [3.05, 3.63) is 0 Å². The molecule has 2 amide bonds. The monoisotopic (exact) mass is 321 g/mol. The second kappa shape index (κ2) is 7.20. The fourth-order valence-corrected chi connectivity index (χ4v) is 4.71. The molecular weight excluding hydrogens is 290 g/mol. The SMILES string of the molecule is CC(C)NC(=O)CN1CCN(C(=O)CC2CC3CCC2C3)CC1. The van der Waals surface area contributed by atoms with Gasteiger partial charge in [-0.15, -0.1) is 0 Å². The standard InChI is InChI=1S/C18H31N3O2/c1-13(2)19-17(22)12-20-5-7-21(8-6-20)18(23)11-16-10-14-3-4-15(16)9-14/h13-16H,3-12H2,1-2H3,(H,19,22). The maximum Gasteiger partial charge on any atom is 0.234 e. The molecule has 5 nitrogen and oxygen atoms in total. The lowest BCUT2D eigenvalue weighted by Gasteiger charge is -2.35. The number of hydrogen-bond acceptors (Lipinski definition) is 3. The zero-order chi connectivity index (χ0) is 16.4. The Bertz CT molecular complexity index is 444. The number of amides is 2. The smallest absolute Gasteiger partial charge is 0.234 e. The molecule has 2 bridgehead atoms. The lowest BCUT2D eigenvalue weighted by molar-refractivity contribution is -0.134. The van der Waals surface area contributed by atoms with E-state index in [-0.39, 0.29) is 11.9 Å². The van der Waals surface area contributed by atoms with Crippen LogP contribution in [0.15, 0.2) is 0 Å². The third-order valence-electron chi connectivity index (χ3n) is 5.86. The first-order valence-corrected chi connectivity index (χ1v) is 9.30. The molecule has 1 saturated heterocycles. The van der Waals surface area contributed by atoms with E-state index in [1.54, 1.807) is 0 Å². The Balaban J connectivity index is 1.38. The first-order valence-electron chi connectivity index (χ1n) is 9.30. The average Bonchev–Trinajstić information content (AvgIpc) is 3.09. The van der Waals surface area contributed by atoms with Gasteiger partial charge >= 0.3 is 0 Å². The van der Waals surface area contributed by atoms with Crippen LogP contribution in [0.25, 0.3) is 0 Å². The third kappa shape index (κ3) is 4.25. The highest BCUT2D eigenvalue weighted by atomic mass is 16.2. The number of carbonyl (C=O) groups is 2. The Labute approximate surface area is 139 Å². The molecule has 23 heavy (non-hydrogen) atoms. The molecule has 1 aliphatic heterocycles. The lowest BCUT2D eigenvalue weighted by atomic mass is 9.86. The van der Waals surface area contributed by atoms with Crippen LogP contribution in [0.4, 0.5) is 0 Å². The summed E-state index contributed by atoms with van der Waals surface area (Å²) in [6.07, 6.45) is 6.16. The van der Waals surface area contributed by atoms with Gasteiger partial charge in [0.2, 0.25) is 11.8 Å². The number of piperazine rings is 1. The van der Waals surface area contributed by atoms with Crippen LogP contribution in [0.1, 0.15) is 46.0 Å². The van der Waals surface area contributed by atoms with Crippen molar-refractivity contribution in [3.8, 4) is 0 Å². The maximum absolute atomic E-state index is 12.5. The van der Waals surface area contributed by atoms with Crippen LogP contribution in [0.3, 0.4) is 0 Å². The number of carbonyl (C=O) groups excluding carboxylic acids is 2. The molecule has 3 atom stereocenters. The van der Waals surface area contributed by atoms with E-state index in [0.717, 1.165) is 44.4 Å². The minimum atomic E-state index is 0.0850. The van der Waals surface area contributed by atoms with E-state index in [4.69, 9.17) is 0 Å². The Hall–Kier alpha value is -1.10. The largest absolute Gasteiger partial charge is 0.353 e. The van der Waals surface area contributed by atoms with Crippen LogP contribution in [-0.2, 0) is 9.59 Å². The van der Waals surface area contributed by atoms with E-state index in [1.165, 1.54) is 25.7 Å². The highest BCUT2D eigenvalue weighted by Crippen LogP contribution is 2.49. The molecule has 0 aromatic rings. The van der Waals surface area contributed by atoms with E-state index in [2.05, 4.69) is 10.2 Å². The topological polar surface area (TPSA) is 52.7 Å². The summed E-state index contributed by atoms with van der Waals surface area (Å²) in [5, 5.41) is 2.93. The van der Waals surface area contributed by atoms with Crippen LogP contribution in [-0.4, -0.2) is 60.4 Å². The molecule has 0 radical (unpaired) electrons. The molecule has 3 aliphatic rings. The number of hydrogen-bond donors (Lipinski definition) is 1. The van der Waals surface area contributed by atoms with Crippen LogP contribution in [0.5, 0.6) is 0 Å². The molecule has 3 rings (SSSR count). The van der Waals surface area contributed by atoms with E-state index in [1.807, 2.05) is 18.7 Å². The van der Waals surface area contributed by atoms with E-state index >= 15 is 0 Å². The van der Waals surface area contributed by atoms with Crippen LogP contribution < -0.4 is 5.32 Å². The van der Waals surface area contributed by atoms with Gasteiger partial charge in [-0.05, 0) is 50.9 Å². The van der Waals surface area contributed by atoms with Crippen molar-refractivity contribution in [1.29, 1.82) is 0 Å². The van der Waals surface area contributed by atoms with Crippen LogP contribution in [0.2, 0.25) is 0 Å². The number of fused-ring (bicyclic) bond motifs is 2. The molecular formula is C18H31N3O2. The Kier molecular flexibility index (Phi) is 5.24. The summed E-state index contributed by atoms with van der Waals surface area (Å²) < 4.78 is 0. The first kappa shape index (κ1) is 16.7. The van der Waals surface area contributed by atoms with Gasteiger partial charge in [-0.25, -0.2) is 0 Å². The molecule has 0 spiro atoms. The van der Waals surface area contributed by atoms with Gasteiger partial charge in [0.1, 0.15) is 0 Å². The summed E-state index contributed by atoms with van der Waals surface area (Å²) in [5.41, 5.74) is 0. The summed E-state index contributed by atoms with van der Waals surface area (Å²) in [7, 11) is 0. The van der Waals surface area contributed by atoms with Crippen LogP contribution in [0, 0.1) is 17.8 Å². The minimum Gasteiger partial charge on any atom is -0.353 e. The van der Waals surface area contributed by atoms with Crippen LogP contribution >= 0.6 is 0 Å². The van der Waals surface area contributed by atoms with Crippen molar-refractivity contribution in [3.63, 3.8) is 0 Å². The van der Waals surface area contributed by atoms with Crippen molar-refractivity contribution < 1.29 is 9.59 Å². The van der Waals surface area contributed by atoms with Crippen molar-refractivity contribution in [2.45, 2.75) is 52.0 Å².